The highest BCUT2D eigenvalue weighted by atomic mass is 19.4. The molecule has 3 N–H and O–H groups in total. The maximum absolute atomic E-state index is 12.2. The van der Waals surface area contributed by atoms with E-state index in [1.807, 2.05) is 13.1 Å². The Balaban J connectivity index is 1.27. The van der Waals surface area contributed by atoms with Crippen LogP contribution in [0.3, 0.4) is 0 Å². The topological polar surface area (TPSA) is 81.2 Å². The smallest absolute Gasteiger partial charge is 0.366 e. The minimum absolute atomic E-state index is 0.120. The van der Waals surface area contributed by atoms with Gasteiger partial charge in [0.25, 0.3) is 0 Å². The van der Waals surface area contributed by atoms with Crippen molar-refractivity contribution in [1.29, 1.82) is 0 Å². The Hall–Kier alpha value is -1.91. The van der Waals surface area contributed by atoms with E-state index in [1.165, 1.54) is 0 Å². The van der Waals surface area contributed by atoms with Gasteiger partial charge in [0.05, 0.1) is 17.8 Å². The van der Waals surface area contributed by atoms with Crippen LogP contribution in [-0.4, -0.2) is 65.1 Å². The van der Waals surface area contributed by atoms with Gasteiger partial charge in [0.2, 0.25) is 0 Å². The molecule has 0 bridgehead atoms. The Morgan fingerprint density at radius 3 is 2.63 bits per heavy atom. The van der Waals surface area contributed by atoms with E-state index < -0.39 is 12.8 Å². The van der Waals surface area contributed by atoms with E-state index in [0.717, 1.165) is 43.5 Å². The zero-order valence-corrected chi connectivity index (χ0v) is 17.1. The van der Waals surface area contributed by atoms with Crippen molar-refractivity contribution in [2.24, 2.45) is 11.8 Å². The first-order valence-corrected chi connectivity index (χ1v) is 10.5. The van der Waals surface area contributed by atoms with Crippen molar-refractivity contribution in [3.05, 3.63) is 24.3 Å². The standard InChI is InChI=1S/C20H29F3N6O/c1-25-17(18-16-6-7-26-19(16)27-12-29(18)24)14-4-2-13(3-5-14)8-28-9-15(10-28)30-11-20(21,22)23/h6-7,12-15,17,25H,2-5,8-11,24H2,1H3. The van der Waals surface area contributed by atoms with Gasteiger partial charge in [0.15, 0.2) is 5.82 Å². The van der Waals surface area contributed by atoms with Gasteiger partial charge in [-0.1, -0.05) is 0 Å². The van der Waals surface area contributed by atoms with Crippen molar-refractivity contribution >= 4 is 0 Å². The van der Waals surface area contributed by atoms with E-state index in [9.17, 15) is 13.2 Å². The molecule has 2 fully saturated rings. The van der Waals surface area contributed by atoms with E-state index in [0.29, 0.717) is 30.7 Å². The lowest BCUT2D eigenvalue weighted by Gasteiger charge is -2.42. The predicted molar refractivity (Wildman–Crippen MR) is 106 cm³/mol. The van der Waals surface area contributed by atoms with Crippen LogP contribution >= 0.6 is 0 Å². The van der Waals surface area contributed by atoms with Crippen LogP contribution in [0.25, 0.3) is 11.4 Å². The van der Waals surface area contributed by atoms with Crippen LogP contribution in [0.15, 0.2) is 18.6 Å². The first-order valence-electron chi connectivity index (χ1n) is 10.5. The summed E-state index contributed by atoms with van der Waals surface area (Å²) in [4.78, 5) is 10.8. The molecule has 30 heavy (non-hydrogen) atoms. The summed E-state index contributed by atoms with van der Waals surface area (Å²) in [5.74, 6) is 7.95. The number of fused-ring (bicyclic) bond motifs is 1. The third-order valence-corrected chi connectivity index (χ3v) is 6.43. The number of likely N-dealkylation sites (tertiary alicyclic amines) is 1. The molecule has 0 spiro atoms. The van der Waals surface area contributed by atoms with Crippen molar-refractivity contribution in [3.63, 3.8) is 0 Å². The third-order valence-electron chi connectivity index (χ3n) is 6.43. The number of rotatable bonds is 7. The van der Waals surface area contributed by atoms with Gasteiger partial charge in [-0.25, -0.2) is 9.97 Å². The molecule has 0 radical (unpaired) electrons. The summed E-state index contributed by atoms with van der Waals surface area (Å²) in [6, 6.07) is 2.08. The molecule has 3 aliphatic heterocycles. The van der Waals surface area contributed by atoms with Crippen LogP contribution in [0, 0.1) is 11.8 Å². The number of hydrogen-bond donors (Lipinski definition) is 2. The van der Waals surface area contributed by atoms with Crippen molar-refractivity contribution in [2.45, 2.75) is 44.0 Å². The summed E-state index contributed by atoms with van der Waals surface area (Å²) in [5.41, 5.74) is 1.99. The van der Waals surface area contributed by atoms with Gasteiger partial charge in [0.1, 0.15) is 12.9 Å². The van der Waals surface area contributed by atoms with E-state index in [4.69, 9.17) is 10.6 Å². The second kappa shape index (κ2) is 8.68. The molecule has 0 aromatic heterocycles. The van der Waals surface area contributed by atoms with E-state index >= 15 is 0 Å². The van der Waals surface area contributed by atoms with Crippen LogP contribution in [0.5, 0.6) is 0 Å². The largest absolute Gasteiger partial charge is 0.411 e. The Bertz CT molecular complexity index is 798. The van der Waals surface area contributed by atoms with Gasteiger partial charge < -0.3 is 15.9 Å². The van der Waals surface area contributed by atoms with E-state index in [-0.39, 0.29) is 12.1 Å². The molecule has 0 amide bonds. The molecule has 1 saturated carbocycles. The molecule has 1 aliphatic carbocycles. The Kier molecular flexibility index (Phi) is 6.17. The number of aromatic nitrogens is 3. The van der Waals surface area contributed by atoms with Crippen LogP contribution < -0.4 is 11.2 Å². The molecule has 0 aromatic carbocycles. The summed E-state index contributed by atoms with van der Waals surface area (Å²) >= 11 is 0. The lowest BCUT2D eigenvalue weighted by Crippen LogP contribution is -2.54. The average molecular weight is 426 g/mol. The number of nitrogen functional groups attached to an aromatic ring is 1. The van der Waals surface area contributed by atoms with Gasteiger partial charge in [-0.05, 0) is 50.6 Å². The Morgan fingerprint density at radius 1 is 1.23 bits per heavy atom. The molecule has 10 heteroatoms. The van der Waals surface area contributed by atoms with Gasteiger partial charge in [0, 0.05) is 31.4 Å². The number of nitrogens with two attached hydrogens (primary N) is 1. The van der Waals surface area contributed by atoms with Gasteiger partial charge in [-0.2, -0.15) is 13.2 Å². The van der Waals surface area contributed by atoms with Crippen LogP contribution in [0.1, 0.15) is 37.4 Å². The molecule has 1 unspecified atom stereocenters. The summed E-state index contributed by atoms with van der Waals surface area (Å²) < 4.78 is 43.2. The molecular weight excluding hydrogens is 397 g/mol. The highest BCUT2D eigenvalue weighted by molar-refractivity contribution is 5.60. The quantitative estimate of drug-likeness (QED) is 0.662. The number of nitrogens with one attached hydrogen (secondary N) is 1. The van der Waals surface area contributed by atoms with Gasteiger partial charge in [-0.15, -0.1) is 0 Å². The second-order valence-corrected chi connectivity index (χ2v) is 8.53. The Labute approximate surface area is 174 Å². The average Bonchev–Trinajstić information content (AvgIpc) is 3.14. The minimum Gasteiger partial charge on any atom is -0.366 e. The zero-order chi connectivity index (χ0) is 21.3. The fraction of sp³-hybridized carbons (Fsp3) is 0.700. The Morgan fingerprint density at radius 2 is 1.97 bits per heavy atom. The first kappa shape index (κ1) is 21.3. The lowest BCUT2D eigenvalue weighted by molar-refractivity contribution is -0.199. The number of ether oxygens (including phenoxy) is 1. The fourth-order valence-electron chi connectivity index (χ4n) is 4.93. The lowest BCUT2D eigenvalue weighted by atomic mass is 9.76. The minimum atomic E-state index is -4.25. The monoisotopic (exact) mass is 426 g/mol. The second-order valence-electron chi connectivity index (χ2n) is 8.53. The predicted octanol–water partition coefficient (Wildman–Crippen LogP) is 2.43. The highest BCUT2D eigenvalue weighted by Gasteiger charge is 2.36. The maximum Gasteiger partial charge on any atom is 0.411 e. The highest BCUT2D eigenvalue weighted by Crippen LogP contribution is 2.39. The summed E-state index contributed by atoms with van der Waals surface area (Å²) in [7, 11) is 1.96. The van der Waals surface area contributed by atoms with Crippen molar-refractivity contribution in [3.8, 4) is 11.4 Å². The van der Waals surface area contributed by atoms with Crippen molar-refractivity contribution in [1.82, 2.24) is 24.9 Å². The fourth-order valence-corrected chi connectivity index (χ4v) is 4.93. The molecule has 0 aromatic rings. The maximum atomic E-state index is 12.2. The van der Waals surface area contributed by atoms with Crippen molar-refractivity contribution in [2.75, 3.05) is 39.1 Å². The molecule has 3 heterocycles. The molecule has 1 saturated heterocycles. The molecule has 7 nitrogen and oxygen atoms in total. The van der Waals surface area contributed by atoms with Crippen LogP contribution in [0.4, 0.5) is 13.2 Å². The van der Waals surface area contributed by atoms with Gasteiger partial charge >= 0.3 is 6.18 Å². The van der Waals surface area contributed by atoms with Crippen LogP contribution in [-0.2, 0) is 4.74 Å². The number of alkyl halides is 3. The summed E-state index contributed by atoms with van der Waals surface area (Å²) in [6.07, 6.45) is 3.20. The number of halogens is 3. The van der Waals surface area contributed by atoms with E-state index in [1.54, 1.807) is 17.2 Å². The molecule has 4 aliphatic rings. The molecular formula is C20H29F3N6O. The zero-order valence-electron chi connectivity index (χ0n) is 17.1. The molecule has 166 valence electrons. The SMILES string of the molecule is CNC(c1c2ccnc-2ncn1N)C1CCC(CN2CC(OCC(F)(F)F)C2)CC1. The molecule has 1 atom stereocenters. The number of hydrogen-bond acceptors (Lipinski definition) is 6. The van der Waals surface area contributed by atoms with Gasteiger partial charge in [-0.3, -0.25) is 9.58 Å². The van der Waals surface area contributed by atoms with Crippen LogP contribution in [0.2, 0.25) is 0 Å². The first-order chi connectivity index (χ1) is 14.3. The summed E-state index contributed by atoms with van der Waals surface area (Å²) in [5, 5.41) is 3.45. The third kappa shape index (κ3) is 4.70. The summed E-state index contributed by atoms with van der Waals surface area (Å²) in [6.45, 7) is 0.985. The van der Waals surface area contributed by atoms with Crippen molar-refractivity contribution < 1.29 is 17.9 Å². The van der Waals surface area contributed by atoms with E-state index in [2.05, 4.69) is 20.2 Å². The number of nitrogens with zero attached hydrogens (tertiary/aromatic N) is 4. The normalized spacial score (nSPS) is 24.8. The molecule has 4 rings (SSSR count).